The van der Waals surface area contributed by atoms with Crippen molar-refractivity contribution in [3.8, 4) is 0 Å². The van der Waals surface area contributed by atoms with Gasteiger partial charge in [-0.05, 0) is 32.0 Å². The summed E-state index contributed by atoms with van der Waals surface area (Å²) >= 11 is 0. The minimum Gasteiger partial charge on any atom is -0.308 e. The zero-order chi connectivity index (χ0) is 14.6. The summed E-state index contributed by atoms with van der Waals surface area (Å²) in [6, 6.07) is 3.15. The Morgan fingerprint density at radius 1 is 1.55 bits per heavy atom. The molecule has 0 amide bonds. The van der Waals surface area contributed by atoms with Crippen molar-refractivity contribution < 1.29 is 8.42 Å². The molecule has 1 aliphatic heterocycles. The number of nitrogen functional groups attached to an aromatic ring is 1. The molecular weight excluding hydrogens is 278 g/mol. The Labute approximate surface area is 119 Å². The number of rotatable bonds is 6. The number of likely N-dealkylation sites (tertiary alicyclic amines) is 1. The van der Waals surface area contributed by atoms with E-state index in [0.717, 1.165) is 25.9 Å². The molecule has 1 fully saturated rings. The summed E-state index contributed by atoms with van der Waals surface area (Å²) in [7, 11) is -3.52. The van der Waals surface area contributed by atoms with E-state index < -0.39 is 10.0 Å². The lowest BCUT2D eigenvalue weighted by molar-refractivity contribution is 0.268. The first-order chi connectivity index (χ1) is 9.56. The Kier molecular flexibility index (Phi) is 4.92. The standard InChI is InChI=1S/C12H21N5O2S/c1-2-17-7-3-4-10(17)9-15-20(18,19)11-5-6-14-12(8-11)16-13/h5-6,8,10,15H,2-4,7,9,13H2,1H3,(H,14,16). The third kappa shape index (κ3) is 3.45. The summed E-state index contributed by atoms with van der Waals surface area (Å²) in [6.45, 7) is 4.51. The third-order valence-electron chi connectivity index (χ3n) is 3.60. The average Bonchev–Trinajstić information content (AvgIpc) is 2.93. The molecule has 20 heavy (non-hydrogen) atoms. The van der Waals surface area contributed by atoms with Crippen LogP contribution in [0, 0.1) is 0 Å². The van der Waals surface area contributed by atoms with Crippen molar-refractivity contribution in [1.29, 1.82) is 0 Å². The molecule has 0 bridgehead atoms. The molecule has 4 N–H and O–H groups in total. The van der Waals surface area contributed by atoms with Gasteiger partial charge in [0.15, 0.2) is 0 Å². The first kappa shape index (κ1) is 15.2. The number of hydrogen-bond donors (Lipinski definition) is 3. The van der Waals surface area contributed by atoms with Crippen molar-refractivity contribution in [2.75, 3.05) is 25.1 Å². The van der Waals surface area contributed by atoms with Crippen LogP contribution < -0.4 is 16.0 Å². The minimum absolute atomic E-state index is 0.168. The number of likely N-dealkylation sites (N-methyl/N-ethyl adjacent to an activating group) is 1. The van der Waals surface area contributed by atoms with Crippen LogP contribution in [0.15, 0.2) is 23.2 Å². The van der Waals surface area contributed by atoms with Gasteiger partial charge in [-0.1, -0.05) is 6.92 Å². The second-order valence-electron chi connectivity index (χ2n) is 4.80. The summed E-state index contributed by atoms with van der Waals surface area (Å²) in [5, 5.41) is 0. The highest BCUT2D eigenvalue weighted by Crippen LogP contribution is 2.17. The SMILES string of the molecule is CCN1CCCC1CNS(=O)(=O)c1ccnc(NN)c1. The molecule has 1 aliphatic rings. The van der Waals surface area contributed by atoms with Crippen molar-refractivity contribution in [3.63, 3.8) is 0 Å². The van der Waals surface area contributed by atoms with E-state index in [1.54, 1.807) is 0 Å². The maximum Gasteiger partial charge on any atom is 0.240 e. The van der Waals surface area contributed by atoms with Gasteiger partial charge < -0.3 is 5.43 Å². The summed E-state index contributed by atoms with van der Waals surface area (Å²) < 4.78 is 27.1. The molecule has 0 aliphatic carbocycles. The molecule has 2 heterocycles. The first-order valence-electron chi connectivity index (χ1n) is 6.73. The number of sulfonamides is 1. The maximum atomic E-state index is 12.2. The number of pyridine rings is 1. The predicted molar refractivity (Wildman–Crippen MR) is 77.5 cm³/mol. The topological polar surface area (TPSA) is 100 Å². The molecule has 0 spiro atoms. The Hall–Kier alpha value is -1.22. The molecule has 1 saturated heterocycles. The van der Waals surface area contributed by atoms with Gasteiger partial charge in [0, 0.05) is 24.8 Å². The van der Waals surface area contributed by atoms with E-state index in [2.05, 4.69) is 27.0 Å². The molecule has 1 unspecified atom stereocenters. The van der Waals surface area contributed by atoms with Gasteiger partial charge in [0.2, 0.25) is 10.0 Å². The molecule has 1 aromatic heterocycles. The number of hydrazine groups is 1. The number of hydrogen-bond acceptors (Lipinski definition) is 6. The van der Waals surface area contributed by atoms with Crippen LogP contribution >= 0.6 is 0 Å². The average molecular weight is 299 g/mol. The van der Waals surface area contributed by atoms with Gasteiger partial charge in [0.05, 0.1) is 4.90 Å². The molecule has 1 aromatic rings. The number of nitrogens with one attached hydrogen (secondary N) is 2. The highest BCUT2D eigenvalue weighted by atomic mass is 32.2. The fourth-order valence-electron chi connectivity index (χ4n) is 2.49. The van der Waals surface area contributed by atoms with Gasteiger partial charge in [0.1, 0.15) is 5.82 Å². The van der Waals surface area contributed by atoms with Crippen LogP contribution in [-0.2, 0) is 10.0 Å². The molecular formula is C12H21N5O2S. The molecule has 0 saturated carbocycles. The highest BCUT2D eigenvalue weighted by Gasteiger charge is 2.25. The Balaban J connectivity index is 2.03. The smallest absolute Gasteiger partial charge is 0.240 e. The van der Waals surface area contributed by atoms with Gasteiger partial charge in [-0.2, -0.15) is 0 Å². The van der Waals surface area contributed by atoms with Gasteiger partial charge in [-0.15, -0.1) is 0 Å². The van der Waals surface area contributed by atoms with Crippen LogP contribution in [0.1, 0.15) is 19.8 Å². The molecule has 2 rings (SSSR count). The Morgan fingerprint density at radius 2 is 2.35 bits per heavy atom. The normalized spacial score (nSPS) is 20.2. The van der Waals surface area contributed by atoms with Gasteiger partial charge in [0.25, 0.3) is 0 Å². The number of nitrogens with zero attached hydrogens (tertiary/aromatic N) is 2. The number of aromatic nitrogens is 1. The fourth-order valence-corrected chi connectivity index (χ4v) is 3.57. The van der Waals surface area contributed by atoms with Crippen molar-refractivity contribution >= 4 is 15.8 Å². The van der Waals surface area contributed by atoms with Crippen LogP contribution in [0.5, 0.6) is 0 Å². The quantitative estimate of drug-likeness (QED) is 0.510. The monoisotopic (exact) mass is 299 g/mol. The van der Waals surface area contributed by atoms with E-state index in [0.29, 0.717) is 12.4 Å². The zero-order valence-corrected chi connectivity index (χ0v) is 12.4. The summed E-state index contributed by atoms with van der Waals surface area (Å²) in [4.78, 5) is 6.36. The summed E-state index contributed by atoms with van der Waals surface area (Å²) in [5.74, 6) is 5.56. The van der Waals surface area contributed by atoms with Gasteiger partial charge >= 0.3 is 0 Å². The lowest BCUT2D eigenvalue weighted by Crippen LogP contribution is -2.40. The van der Waals surface area contributed by atoms with Crippen molar-refractivity contribution in [2.45, 2.75) is 30.7 Å². The fraction of sp³-hybridized carbons (Fsp3) is 0.583. The lowest BCUT2D eigenvalue weighted by Gasteiger charge is -2.22. The van der Waals surface area contributed by atoms with E-state index in [1.807, 2.05) is 0 Å². The maximum absolute atomic E-state index is 12.2. The second-order valence-corrected chi connectivity index (χ2v) is 6.56. The van der Waals surface area contributed by atoms with E-state index in [9.17, 15) is 8.42 Å². The molecule has 0 radical (unpaired) electrons. The van der Waals surface area contributed by atoms with Crippen LogP contribution in [0.3, 0.4) is 0 Å². The largest absolute Gasteiger partial charge is 0.308 e. The Morgan fingerprint density at radius 3 is 3.05 bits per heavy atom. The van der Waals surface area contributed by atoms with Gasteiger partial charge in [-0.25, -0.2) is 24.0 Å². The lowest BCUT2D eigenvalue weighted by atomic mass is 10.2. The van der Waals surface area contributed by atoms with Crippen molar-refractivity contribution in [1.82, 2.24) is 14.6 Å². The van der Waals surface area contributed by atoms with E-state index >= 15 is 0 Å². The second kappa shape index (κ2) is 6.49. The third-order valence-corrected chi connectivity index (χ3v) is 5.03. The number of anilines is 1. The molecule has 112 valence electrons. The van der Waals surface area contributed by atoms with Crippen LogP contribution in [0.2, 0.25) is 0 Å². The molecule has 1 atom stereocenters. The number of nitrogens with two attached hydrogens (primary N) is 1. The van der Waals surface area contributed by atoms with Crippen molar-refractivity contribution in [2.24, 2.45) is 5.84 Å². The van der Waals surface area contributed by atoms with E-state index in [1.165, 1.54) is 18.3 Å². The minimum atomic E-state index is -3.52. The van der Waals surface area contributed by atoms with Crippen LogP contribution in [-0.4, -0.2) is 44.0 Å². The van der Waals surface area contributed by atoms with Crippen LogP contribution in [0.4, 0.5) is 5.82 Å². The molecule has 0 aromatic carbocycles. The summed E-state index contributed by atoms with van der Waals surface area (Å²) in [6.07, 6.45) is 3.57. The van der Waals surface area contributed by atoms with Crippen molar-refractivity contribution in [3.05, 3.63) is 18.3 Å². The predicted octanol–water partition coefficient (Wildman–Crippen LogP) is 0.130. The van der Waals surface area contributed by atoms with E-state index in [-0.39, 0.29) is 10.9 Å². The van der Waals surface area contributed by atoms with Crippen LogP contribution in [0.25, 0.3) is 0 Å². The highest BCUT2D eigenvalue weighted by molar-refractivity contribution is 7.89. The van der Waals surface area contributed by atoms with E-state index in [4.69, 9.17) is 5.84 Å². The molecule has 7 nitrogen and oxygen atoms in total. The molecule has 8 heteroatoms. The van der Waals surface area contributed by atoms with Gasteiger partial charge in [-0.3, -0.25) is 4.90 Å². The Bertz CT molecular complexity index is 549. The zero-order valence-electron chi connectivity index (χ0n) is 11.5. The first-order valence-corrected chi connectivity index (χ1v) is 8.21. The summed E-state index contributed by atoms with van der Waals surface area (Å²) in [5.41, 5.74) is 2.34.